The van der Waals surface area contributed by atoms with E-state index in [0.29, 0.717) is 6.61 Å². The van der Waals surface area contributed by atoms with Crippen molar-refractivity contribution in [2.45, 2.75) is 66.1 Å². The summed E-state index contributed by atoms with van der Waals surface area (Å²) < 4.78 is 11.7. The van der Waals surface area contributed by atoms with E-state index in [-0.39, 0.29) is 12.5 Å². The molecule has 0 aromatic heterocycles. The summed E-state index contributed by atoms with van der Waals surface area (Å²) in [4.78, 5) is 11.0. The topological polar surface area (TPSA) is 55.8 Å². The molecule has 0 fully saturated rings. The van der Waals surface area contributed by atoms with Gasteiger partial charge in [-0.1, -0.05) is 19.8 Å². The van der Waals surface area contributed by atoms with Gasteiger partial charge in [0, 0.05) is 0 Å². The first-order chi connectivity index (χ1) is 10.5. The lowest BCUT2D eigenvalue weighted by atomic mass is 9.90. The van der Waals surface area contributed by atoms with E-state index >= 15 is 0 Å². The van der Waals surface area contributed by atoms with E-state index in [1.54, 1.807) is 0 Å². The summed E-state index contributed by atoms with van der Waals surface area (Å²) in [6.45, 7) is 9.52. The summed E-state index contributed by atoms with van der Waals surface area (Å²) in [6.07, 6.45) is 3.09. The molecule has 1 unspecified atom stereocenters. The monoisotopic (exact) mass is 306 g/mol. The van der Waals surface area contributed by atoms with Gasteiger partial charge in [-0.15, -0.1) is 0 Å². The van der Waals surface area contributed by atoms with Gasteiger partial charge in [0.05, 0.1) is 25.7 Å². The Labute approximate surface area is 132 Å². The molecule has 1 N–H and O–H groups in total. The molecular weight excluding hydrogens is 280 g/mol. The third kappa shape index (κ3) is 3.27. The maximum Gasteiger partial charge on any atom is 0.306 e. The van der Waals surface area contributed by atoms with E-state index in [0.717, 1.165) is 46.6 Å². The molecule has 1 atom stereocenters. The summed E-state index contributed by atoms with van der Waals surface area (Å²) in [5.41, 5.74) is 5.48. The van der Waals surface area contributed by atoms with E-state index in [2.05, 4.69) is 6.92 Å². The number of unbranched alkanes of at least 4 members (excludes halogenated alkanes) is 2. The molecule has 1 heterocycles. The average Bonchev–Trinajstić information content (AvgIpc) is 2.87. The first-order valence-corrected chi connectivity index (χ1v) is 8.06. The van der Waals surface area contributed by atoms with E-state index in [9.17, 15) is 4.79 Å². The highest BCUT2D eigenvalue weighted by Crippen LogP contribution is 2.43. The number of aliphatic carboxylic acids is 1. The van der Waals surface area contributed by atoms with Crippen LogP contribution in [0.3, 0.4) is 0 Å². The van der Waals surface area contributed by atoms with Gasteiger partial charge in [-0.25, -0.2) is 0 Å². The Morgan fingerprint density at radius 1 is 1.23 bits per heavy atom. The van der Waals surface area contributed by atoms with Crippen molar-refractivity contribution in [3.05, 3.63) is 27.8 Å². The van der Waals surface area contributed by atoms with Gasteiger partial charge in [0.1, 0.15) is 5.75 Å². The molecule has 1 aromatic rings. The van der Waals surface area contributed by atoms with E-state index in [1.807, 2.05) is 20.8 Å². The number of ether oxygens (including phenoxy) is 2. The van der Waals surface area contributed by atoms with Gasteiger partial charge in [0.2, 0.25) is 0 Å². The van der Waals surface area contributed by atoms with Gasteiger partial charge in [-0.2, -0.15) is 0 Å². The second kappa shape index (κ2) is 7.14. The molecule has 1 aliphatic rings. The summed E-state index contributed by atoms with van der Waals surface area (Å²) in [5.74, 6) is 0.124. The van der Waals surface area contributed by atoms with Gasteiger partial charge >= 0.3 is 5.97 Å². The Balaban J connectivity index is 2.29. The molecule has 2 rings (SSSR count). The second-order valence-electron chi connectivity index (χ2n) is 6.05. The first-order valence-electron chi connectivity index (χ1n) is 8.06. The van der Waals surface area contributed by atoms with Crippen LogP contribution in [0.5, 0.6) is 5.75 Å². The normalized spacial score (nSPS) is 16.6. The van der Waals surface area contributed by atoms with E-state index in [1.165, 1.54) is 12.8 Å². The van der Waals surface area contributed by atoms with Crippen molar-refractivity contribution in [1.82, 2.24) is 0 Å². The van der Waals surface area contributed by atoms with Crippen LogP contribution < -0.4 is 4.74 Å². The predicted octanol–water partition coefficient (Wildman–Crippen LogP) is 4.23. The van der Waals surface area contributed by atoms with Crippen molar-refractivity contribution in [2.75, 3.05) is 6.61 Å². The van der Waals surface area contributed by atoms with Crippen LogP contribution in [-0.4, -0.2) is 17.7 Å². The van der Waals surface area contributed by atoms with Crippen molar-refractivity contribution in [3.8, 4) is 5.75 Å². The highest BCUT2D eigenvalue weighted by molar-refractivity contribution is 5.69. The summed E-state index contributed by atoms with van der Waals surface area (Å²) in [5, 5.41) is 9.05. The molecule has 0 amide bonds. The Hall–Kier alpha value is -1.55. The molecule has 0 saturated heterocycles. The number of rotatable bonds is 7. The maximum absolute atomic E-state index is 11.0. The maximum atomic E-state index is 11.0. The zero-order chi connectivity index (χ0) is 16.3. The Bertz CT molecular complexity index is 563. The smallest absolute Gasteiger partial charge is 0.306 e. The lowest BCUT2D eigenvalue weighted by Crippen LogP contribution is -2.09. The Morgan fingerprint density at radius 2 is 1.95 bits per heavy atom. The minimum Gasteiger partial charge on any atom is -0.493 e. The van der Waals surface area contributed by atoms with Crippen molar-refractivity contribution in [2.24, 2.45) is 0 Å². The quantitative estimate of drug-likeness (QED) is 0.766. The fourth-order valence-corrected chi connectivity index (χ4v) is 3.17. The molecule has 0 saturated carbocycles. The third-order valence-corrected chi connectivity index (χ3v) is 4.53. The number of hydrogen-bond acceptors (Lipinski definition) is 3. The van der Waals surface area contributed by atoms with Gasteiger partial charge in [0.25, 0.3) is 0 Å². The molecule has 122 valence electrons. The number of fused-ring (bicyclic) bond motifs is 1. The van der Waals surface area contributed by atoms with Gasteiger partial charge < -0.3 is 14.6 Å². The molecule has 0 bridgehead atoms. The van der Waals surface area contributed by atoms with Crippen LogP contribution >= 0.6 is 0 Å². The highest BCUT2D eigenvalue weighted by Gasteiger charge is 2.31. The van der Waals surface area contributed by atoms with Crippen LogP contribution in [0.2, 0.25) is 0 Å². The van der Waals surface area contributed by atoms with E-state index < -0.39 is 5.97 Å². The molecule has 4 heteroatoms. The molecule has 0 radical (unpaired) electrons. The Morgan fingerprint density at radius 3 is 2.59 bits per heavy atom. The number of carboxylic acid groups (broad SMARTS) is 1. The van der Waals surface area contributed by atoms with Gasteiger partial charge in [-0.05, 0) is 55.0 Å². The number of carbonyl (C=O) groups is 1. The third-order valence-electron chi connectivity index (χ3n) is 4.53. The van der Waals surface area contributed by atoms with Crippen molar-refractivity contribution in [3.63, 3.8) is 0 Å². The number of hydrogen-bond donors (Lipinski definition) is 1. The molecule has 1 aliphatic heterocycles. The molecule has 1 aromatic carbocycles. The van der Waals surface area contributed by atoms with Gasteiger partial charge in [-0.3, -0.25) is 4.79 Å². The van der Waals surface area contributed by atoms with Crippen LogP contribution in [0.4, 0.5) is 0 Å². The lowest BCUT2D eigenvalue weighted by Gasteiger charge is -2.19. The minimum absolute atomic E-state index is 0.0173. The van der Waals surface area contributed by atoms with Crippen LogP contribution in [0.1, 0.15) is 66.5 Å². The predicted molar refractivity (Wildman–Crippen MR) is 85.5 cm³/mol. The van der Waals surface area contributed by atoms with Crippen LogP contribution in [0.15, 0.2) is 0 Å². The van der Waals surface area contributed by atoms with E-state index in [4.69, 9.17) is 14.6 Å². The minimum atomic E-state index is -0.826. The average molecular weight is 306 g/mol. The Kier molecular flexibility index (Phi) is 5.46. The fraction of sp³-hybridized carbons (Fsp3) is 0.611. The summed E-state index contributed by atoms with van der Waals surface area (Å²) >= 11 is 0. The highest BCUT2D eigenvalue weighted by atomic mass is 16.5. The zero-order valence-electron chi connectivity index (χ0n) is 14.0. The number of carboxylic acids is 1. The van der Waals surface area contributed by atoms with Crippen molar-refractivity contribution >= 4 is 5.97 Å². The number of benzene rings is 1. The lowest BCUT2D eigenvalue weighted by molar-refractivity contribution is -0.140. The standard InChI is InChI=1S/C18H26O4/c1-5-6-7-8-21-18-12(3)11(2)17-14(13(18)4)10-22-15(17)9-16(19)20/h15H,5-10H2,1-4H3,(H,19,20). The van der Waals surface area contributed by atoms with Crippen LogP contribution in [0, 0.1) is 20.8 Å². The van der Waals surface area contributed by atoms with Crippen molar-refractivity contribution in [1.29, 1.82) is 0 Å². The summed E-state index contributed by atoms with van der Waals surface area (Å²) in [7, 11) is 0. The fourth-order valence-electron chi connectivity index (χ4n) is 3.17. The van der Waals surface area contributed by atoms with Crippen LogP contribution in [0.25, 0.3) is 0 Å². The molecule has 0 aliphatic carbocycles. The van der Waals surface area contributed by atoms with Gasteiger partial charge in [0.15, 0.2) is 0 Å². The largest absolute Gasteiger partial charge is 0.493 e. The zero-order valence-corrected chi connectivity index (χ0v) is 14.0. The molecule has 22 heavy (non-hydrogen) atoms. The second-order valence-corrected chi connectivity index (χ2v) is 6.05. The SMILES string of the molecule is CCCCCOc1c(C)c(C)c2c(c1C)COC2CC(=O)O. The van der Waals surface area contributed by atoms with Crippen LogP contribution in [-0.2, 0) is 16.1 Å². The van der Waals surface area contributed by atoms with Crippen molar-refractivity contribution < 1.29 is 19.4 Å². The molecular formula is C18H26O4. The summed E-state index contributed by atoms with van der Waals surface area (Å²) in [6, 6.07) is 0. The first kappa shape index (κ1) is 16.8. The molecule has 4 nitrogen and oxygen atoms in total. The molecule has 0 spiro atoms.